The Bertz CT molecular complexity index is 843. The molecule has 0 aliphatic carbocycles. The molecule has 2 aromatic rings. The second-order valence-corrected chi connectivity index (χ2v) is 8.23. The van der Waals surface area contributed by atoms with Gasteiger partial charge in [-0.3, -0.25) is 4.79 Å². The summed E-state index contributed by atoms with van der Waals surface area (Å²) in [6, 6.07) is 4.80. The molecule has 1 aliphatic heterocycles. The van der Waals surface area contributed by atoms with Gasteiger partial charge in [0.05, 0.1) is 22.1 Å². The van der Waals surface area contributed by atoms with E-state index >= 15 is 0 Å². The third-order valence-corrected chi connectivity index (χ3v) is 5.84. The maximum Gasteiger partial charge on any atom is 0.240 e. The molecule has 3 rings (SSSR count). The predicted molar refractivity (Wildman–Crippen MR) is 88.9 cm³/mol. The lowest BCUT2D eigenvalue weighted by molar-refractivity contribution is -0.116. The van der Waals surface area contributed by atoms with Crippen LogP contribution in [-0.2, 0) is 27.8 Å². The van der Waals surface area contributed by atoms with E-state index < -0.39 is 10.0 Å². The summed E-state index contributed by atoms with van der Waals surface area (Å²) in [4.78, 5) is 16.0. The monoisotopic (exact) mass is 351 g/mol. The van der Waals surface area contributed by atoms with E-state index in [1.54, 1.807) is 12.1 Å². The number of carbonyl (C=O) groups excluding carboxylic acids is 1. The Balaban J connectivity index is 1.80. The quantitative estimate of drug-likeness (QED) is 0.884. The van der Waals surface area contributed by atoms with Crippen LogP contribution in [0.4, 0.5) is 5.69 Å². The van der Waals surface area contributed by atoms with Crippen molar-refractivity contribution in [1.82, 2.24) is 9.71 Å². The van der Waals surface area contributed by atoms with E-state index in [0.717, 1.165) is 10.6 Å². The number of thiazole rings is 1. The van der Waals surface area contributed by atoms with Crippen LogP contribution in [-0.4, -0.2) is 19.3 Å². The fraction of sp³-hybridized carbons (Fsp3) is 0.333. The first kappa shape index (κ1) is 16.1. The maximum absolute atomic E-state index is 12.4. The fourth-order valence-corrected chi connectivity index (χ4v) is 4.12. The molecule has 0 saturated heterocycles. The van der Waals surface area contributed by atoms with E-state index in [9.17, 15) is 13.2 Å². The van der Waals surface area contributed by atoms with Gasteiger partial charge in [-0.25, -0.2) is 18.1 Å². The number of aryl methyl sites for hydroxylation is 2. The Hall–Kier alpha value is -1.77. The molecule has 0 atom stereocenters. The van der Waals surface area contributed by atoms with E-state index in [1.807, 2.05) is 12.3 Å². The number of anilines is 1. The number of nitrogens with zero attached hydrogens (tertiary/aromatic N) is 1. The molecule has 122 valence electrons. The zero-order chi connectivity index (χ0) is 16.4. The van der Waals surface area contributed by atoms with Crippen molar-refractivity contribution < 1.29 is 13.2 Å². The van der Waals surface area contributed by atoms with Crippen LogP contribution in [0, 0.1) is 6.92 Å². The van der Waals surface area contributed by atoms with Crippen molar-refractivity contribution in [2.75, 3.05) is 5.32 Å². The van der Waals surface area contributed by atoms with Crippen LogP contribution in [0.25, 0.3) is 0 Å². The van der Waals surface area contributed by atoms with Crippen molar-refractivity contribution in [3.8, 4) is 0 Å². The van der Waals surface area contributed by atoms with Crippen molar-refractivity contribution in [3.05, 3.63) is 39.8 Å². The number of hydrogen-bond donors (Lipinski definition) is 2. The highest BCUT2D eigenvalue weighted by Gasteiger charge is 2.19. The molecule has 0 unspecified atom stereocenters. The highest BCUT2D eigenvalue weighted by atomic mass is 32.2. The molecule has 1 aromatic heterocycles. The largest absolute Gasteiger partial charge is 0.326 e. The summed E-state index contributed by atoms with van der Waals surface area (Å²) in [6.07, 6.45) is 1.86. The number of sulfonamides is 1. The number of nitrogens with one attached hydrogen (secondary N) is 2. The fourth-order valence-electron chi connectivity index (χ4n) is 2.46. The normalized spacial score (nSPS) is 14.9. The van der Waals surface area contributed by atoms with Crippen LogP contribution >= 0.6 is 11.3 Å². The Morgan fingerprint density at radius 2 is 2.17 bits per heavy atom. The minimum absolute atomic E-state index is 0.0311. The van der Waals surface area contributed by atoms with Gasteiger partial charge in [0, 0.05) is 17.5 Å². The van der Waals surface area contributed by atoms with Gasteiger partial charge in [-0.15, -0.1) is 11.3 Å². The predicted octanol–water partition coefficient (Wildman–Crippen LogP) is 2.20. The Labute approximate surface area is 139 Å². The van der Waals surface area contributed by atoms with E-state index in [4.69, 9.17) is 0 Å². The van der Waals surface area contributed by atoms with Gasteiger partial charge in [0.2, 0.25) is 15.9 Å². The lowest BCUT2D eigenvalue weighted by atomic mass is 10.1. The molecule has 2 N–H and O–H groups in total. The van der Waals surface area contributed by atoms with Crippen LogP contribution in [0.15, 0.2) is 28.5 Å². The number of rotatable bonds is 4. The van der Waals surface area contributed by atoms with E-state index in [1.165, 1.54) is 17.4 Å². The average Bonchev–Trinajstić information content (AvgIpc) is 2.82. The van der Waals surface area contributed by atoms with E-state index in [2.05, 4.69) is 15.0 Å². The molecule has 2 heterocycles. The summed E-state index contributed by atoms with van der Waals surface area (Å²) in [5.74, 6) is -0.0311. The highest BCUT2D eigenvalue weighted by Crippen LogP contribution is 2.25. The van der Waals surface area contributed by atoms with Gasteiger partial charge in [-0.1, -0.05) is 0 Å². The molecular weight excluding hydrogens is 334 g/mol. The molecule has 0 radical (unpaired) electrons. The van der Waals surface area contributed by atoms with Crippen LogP contribution in [0.1, 0.15) is 29.1 Å². The van der Waals surface area contributed by atoms with Crippen LogP contribution in [0.2, 0.25) is 0 Å². The third kappa shape index (κ3) is 3.77. The first-order valence-corrected chi connectivity index (χ1v) is 9.64. The van der Waals surface area contributed by atoms with E-state index in [-0.39, 0.29) is 17.3 Å². The number of benzene rings is 1. The van der Waals surface area contributed by atoms with Gasteiger partial charge < -0.3 is 5.32 Å². The van der Waals surface area contributed by atoms with E-state index in [0.29, 0.717) is 30.6 Å². The zero-order valence-electron chi connectivity index (χ0n) is 12.6. The number of amides is 1. The first-order valence-electron chi connectivity index (χ1n) is 7.27. The topological polar surface area (TPSA) is 88.2 Å². The molecule has 8 heteroatoms. The minimum Gasteiger partial charge on any atom is -0.326 e. The molecule has 1 aromatic carbocycles. The highest BCUT2D eigenvalue weighted by molar-refractivity contribution is 7.89. The molecule has 1 aliphatic rings. The standard InChI is InChI=1S/C15H17N3O3S2/c1-10-17-12(9-22-10)8-16-23(20,21)13-5-6-14-11(7-13)3-2-4-15(19)18-14/h5-7,9,16H,2-4,8H2,1H3,(H,18,19). The molecule has 0 saturated carbocycles. The van der Waals surface area contributed by atoms with Crippen molar-refractivity contribution >= 4 is 33.0 Å². The Morgan fingerprint density at radius 1 is 1.35 bits per heavy atom. The molecule has 6 nitrogen and oxygen atoms in total. The lowest BCUT2D eigenvalue weighted by Crippen LogP contribution is -2.23. The minimum atomic E-state index is -3.61. The van der Waals surface area contributed by atoms with Gasteiger partial charge in [0.1, 0.15) is 0 Å². The van der Waals surface area contributed by atoms with Crippen molar-refractivity contribution in [2.24, 2.45) is 0 Å². The van der Waals surface area contributed by atoms with Gasteiger partial charge >= 0.3 is 0 Å². The Morgan fingerprint density at radius 3 is 2.91 bits per heavy atom. The summed E-state index contributed by atoms with van der Waals surface area (Å²) in [7, 11) is -3.61. The third-order valence-electron chi connectivity index (χ3n) is 3.62. The SMILES string of the molecule is Cc1nc(CNS(=O)(=O)c2ccc3c(c2)CCCC(=O)N3)cs1. The van der Waals surface area contributed by atoms with Crippen LogP contribution in [0.5, 0.6) is 0 Å². The van der Waals surface area contributed by atoms with Crippen molar-refractivity contribution in [1.29, 1.82) is 0 Å². The second kappa shape index (κ2) is 6.38. The number of aromatic nitrogens is 1. The number of hydrogen-bond acceptors (Lipinski definition) is 5. The summed E-state index contributed by atoms with van der Waals surface area (Å²) >= 11 is 1.49. The molecule has 0 bridgehead atoms. The van der Waals surface area contributed by atoms with Gasteiger partial charge in [0.25, 0.3) is 0 Å². The zero-order valence-corrected chi connectivity index (χ0v) is 14.3. The van der Waals surface area contributed by atoms with Crippen LogP contribution in [0.3, 0.4) is 0 Å². The first-order chi connectivity index (χ1) is 10.9. The summed E-state index contributed by atoms with van der Waals surface area (Å²) in [6.45, 7) is 2.05. The maximum atomic E-state index is 12.4. The van der Waals surface area contributed by atoms with Gasteiger partial charge in [-0.05, 0) is 43.5 Å². The molecular formula is C15H17N3O3S2. The lowest BCUT2D eigenvalue weighted by Gasteiger charge is -2.10. The number of fused-ring (bicyclic) bond motifs is 1. The molecule has 1 amide bonds. The second-order valence-electron chi connectivity index (χ2n) is 5.40. The number of carbonyl (C=O) groups is 1. The van der Waals surface area contributed by atoms with Crippen LogP contribution < -0.4 is 10.0 Å². The average molecular weight is 351 g/mol. The Kier molecular flexibility index (Phi) is 4.47. The van der Waals surface area contributed by atoms with Gasteiger partial charge in [-0.2, -0.15) is 0 Å². The van der Waals surface area contributed by atoms with Crippen molar-refractivity contribution in [2.45, 2.75) is 37.6 Å². The molecule has 23 heavy (non-hydrogen) atoms. The summed E-state index contributed by atoms with van der Waals surface area (Å²) < 4.78 is 27.4. The smallest absolute Gasteiger partial charge is 0.240 e. The van der Waals surface area contributed by atoms with Crippen molar-refractivity contribution in [3.63, 3.8) is 0 Å². The molecule has 0 fully saturated rings. The molecule has 0 spiro atoms. The summed E-state index contributed by atoms with van der Waals surface area (Å²) in [5.41, 5.74) is 2.25. The summed E-state index contributed by atoms with van der Waals surface area (Å²) in [5, 5.41) is 5.54. The van der Waals surface area contributed by atoms with Gasteiger partial charge in [0.15, 0.2) is 0 Å².